The number of carbonyl (C=O) groups is 2. The Bertz CT molecular complexity index is 1150. The first kappa shape index (κ1) is 27.6. The van der Waals surface area contributed by atoms with Crippen LogP contribution >= 0.6 is 23.2 Å². The molecule has 1 atom stereocenters. The Morgan fingerprint density at radius 2 is 1.61 bits per heavy atom. The maximum absolute atomic E-state index is 13.6. The average Bonchev–Trinajstić information content (AvgIpc) is 2.87. The van der Waals surface area contributed by atoms with Gasteiger partial charge in [0, 0.05) is 19.5 Å². The van der Waals surface area contributed by atoms with Crippen LogP contribution in [0.4, 0.5) is 0 Å². The van der Waals surface area contributed by atoms with Crippen molar-refractivity contribution in [2.24, 2.45) is 0 Å². The molecule has 0 saturated carbocycles. The monoisotopic (exact) mass is 526 g/mol. The fraction of sp³-hybridized carbons (Fsp3) is 0.310. The van der Waals surface area contributed by atoms with Crippen molar-refractivity contribution in [2.45, 2.75) is 45.7 Å². The average molecular weight is 527 g/mol. The highest BCUT2D eigenvalue weighted by Crippen LogP contribution is 2.25. The summed E-state index contributed by atoms with van der Waals surface area (Å²) in [7, 11) is 0. The Hall–Kier alpha value is -3.02. The zero-order chi connectivity index (χ0) is 26.1. The van der Waals surface area contributed by atoms with Crippen LogP contribution in [0.15, 0.2) is 72.8 Å². The molecule has 3 aromatic carbocycles. The van der Waals surface area contributed by atoms with Crippen LogP contribution in [0.3, 0.4) is 0 Å². The van der Waals surface area contributed by atoms with E-state index in [1.54, 1.807) is 23.1 Å². The Labute approximate surface area is 223 Å². The minimum atomic E-state index is -0.735. The molecule has 5 nitrogen and oxygen atoms in total. The molecule has 0 saturated heterocycles. The van der Waals surface area contributed by atoms with Gasteiger partial charge in [-0.05, 0) is 53.8 Å². The predicted octanol–water partition coefficient (Wildman–Crippen LogP) is 6.27. The quantitative estimate of drug-likeness (QED) is 0.320. The van der Waals surface area contributed by atoms with Crippen molar-refractivity contribution in [1.82, 2.24) is 10.2 Å². The summed E-state index contributed by atoms with van der Waals surface area (Å²) in [5, 5.41) is 3.69. The summed E-state index contributed by atoms with van der Waals surface area (Å²) in [5.41, 5.74) is 2.90. The van der Waals surface area contributed by atoms with Crippen LogP contribution in [0.1, 0.15) is 43.4 Å². The molecule has 0 aliphatic heterocycles. The summed E-state index contributed by atoms with van der Waals surface area (Å²) in [6.45, 7) is 6.53. The van der Waals surface area contributed by atoms with Gasteiger partial charge >= 0.3 is 0 Å². The van der Waals surface area contributed by atoms with E-state index in [0.29, 0.717) is 34.7 Å². The summed E-state index contributed by atoms with van der Waals surface area (Å²) < 4.78 is 5.83. The number of benzene rings is 3. The molecule has 0 spiro atoms. The lowest BCUT2D eigenvalue weighted by Crippen LogP contribution is -2.51. The lowest BCUT2D eigenvalue weighted by atomic mass is 10.0. The molecule has 190 valence electrons. The van der Waals surface area contributed by atoms with Gasteiger partial charge in [0.05, 0.1) is 10.0 Å². The van der Waals surface area contributed by atoms with Crippen molar-refractivity contribution >= 4 is 35.0 Å². The highest BCUT2D eigenvalue weighted by Gasteiger charge is 2.30. The lowest BCUT2D eigenvalue weighted by Gasteiger charge is -2.31. The third kappa shape index (κ3) is 7.74. The van der Waals surface area contributed by atoms with Gasteiger partial charge in [0.25, 0.3) is 5.91 Å². The largest absolute Gasteiger partial charge is 0.484 e. The Morgan fingerprint density at radius 3 is 2.22 bits per heavy atom. The van der Waals surface area contributed by atoms with E-state index in [-0.39, 0.29) is 25.0 Å². The fourth-order valence-corrected chi connectivity index (χ4v) is 4.18. The molecule has 36 heavy (non-hydrogen) atoms. The third-order valence-corrected chi connectivity index (χ3v) is 6.61. The van der Waals surface area contributed by atoms with Gasteiger partial charge < -0.3 is 15.0 Å². The summed E-state index contributed by atoms with van der Waals surface area (Å²) in [6.07, 6.45) is 0.364. The second-order valence-electron chi connectivity index (χ2n) is 8.88. The van der Waals surface area contributed by atoms with Gasteiger partial charge in [0.1, 0.15) is 11.8 Å². The van der Waals surface area contributed by atoms with Gasteiger partial charge in [0.2, 0.25) is 5.91 Å². The Kier molecular flexibility index (Phi) is 10.2. The highest BCUT2D eigenvalue weighted by molar-refractivity contribution is 6.42. The smallest absolute Gasteiger partial charge is 0.261 e. The molecular weight excluding hydrogens is 495 g/mol. The van der Waals surface area contributed by atoms with Crippen LogP contribution in [-0.2, 0) is 22.6 Å². The van der Waals surface area contributed by atoms with Crippen molar-refractivity contribution in [3.63, 3.8) is 0 Å². The van der Waals surface area contributed by atoms with E-state index in [1.807, 2.05) is 61.5 Å². The highest BCUT2D eigenvalue weighted by atomic mass is 35.5. The molecule has 3 aromatic rings. The number of likely N-dealkylation sites (N-methyl/N-ethyl adjacent to an activating group) is 1. The summed E-state index contributed by atoms with van der Waals surface area (Å²) in [6, 6.07) is 21.8. The number of hydrogen-bond acceptors (Lipinski definition) is 3. The van der Waals surface area contributed by atoms with Crippen LogP contribution in [0.2, 0.25) is 10.0 Å². The Balaban J connectivity index is 1.88. The maximum atomic E-state index is 13.6. The molecule has 0 fully saturated rings. The summed E-state index contributed by atoms with van der Waals surface area (Å²) >= 11 is 12.3. The molecule has 0 aromatic heterocycles. The molecule has 0 bridgehead atoms. The summed E-state index contributed by atoms with van der Waals surface area (Å²) in [5.74, 6) is 0.468. The fourth-order valence-electron chi connectivity index (χ4n) is 3.86. The first-order valence-electron chi connectivity index (χ1n) is 12.1. The molecule has 7 heteroatoms. The Morgan fingerprint density at radius 1 is 0.917 bits per heavy atom. The second kappa shape index (κ2) is 13.3. The van der Waals surface area contributed by atoms with E-state index in [1.165, 1.54) is 5.56 Å². The molecule has 0 heterocycles. The topological polar surface area (TPSA) is 58.6 Å². The van der Waals surface area contributed by atoms with Crippen molar-refractivity contribution in [3.05, 3.63) is 99.5 Å². The zero-order valence-electron chi connectivity index (χ0n) is 20.8. The van der Waals surface area contributed by atoms with Crippen LogP contribution < -0.4 is 10.1 Å². The first-order chi connectivity index (χ1) is 17.3. The van der Waals surface area contributed by atoms with E-state index >= 15 is 0 Å². The third-order valence-electron chi connectivity index (χ3n) is 5.87. The first-order valence-corrected chi connectivity index (χ1v) is 12.8. The van der Waals surface area contributed by atoms with E-state index in [2.05, 4.69) is 19.2 Å². The maximum Gasteiger partial charge on any atom is 0.261 e. The van der Waals surface area contributed by atoms with Gasteiger partial charge in [0.15, 0.2) is 6.61 Å². The molecular formula is C29H32Cl2N2O3. The van der Waals surface area contributed by atoms with Gasteiger partial charge in [-0.3, -0.25) is 9.59 Å². The molecule has 1 N–H and O–H groups in total. The molecule has 0 unspecified atom stereocenters. The minimum Gasteiger partial charge on any atom is -0.484 e. The number of rotatable bonds is 11. The van der Waals surface area contributed by atoms with Crippen LogP contribution in [-0.4, -0.2) is 35.9 Å². The molecule has 0 aliphatic rings. The number of nitrogens with one attached hydrogen (secondary N) is 1. The lowest BCUT2D eigenvalue weighted by molar-refractivity contribution is -0.142. The molecule has 3 rings (SSSR count). The SMILES string of the molecule is CCNC(=O)[C@@H](Cc1ccccc1)N(Cc1ccc(Cl)c(Cl)c1)C(=O)COc1ccc(C(C)C)cc1. The number of amides is 2. The number of ether oxygens (including phenoxy) is 1. The van der Waals surface area contributed by atoms with Crippen LogP contribution in [0.5, 0.6) is 5.75 Å². The standard InChI is InChI=1S/C29H32Cl2N2O3/c1-4-32-29(35)27(17-21-8-6-5-7-9-21)33(18-22-10-15-25(30)26(31)16-22)28(34)19-36-24-13-11-23(12-14-24)20(2)3/h5-16,20,27H,4,17-19H2,1-3H3,(H,32,35)/t27-/m1/s1. The number of halogens is 2. The van der Waals surface area contributed by atoms with E-state index < -0.39 is 6.04 Å². The predicted molar refractivity (Wildman–Crippen MR) is 146 cm³/mol. The van der Waals surface area contributed by atoms with Crippen LogP contribution in [0, 0.1) is 0 Å². The van der Waals surface area contributed by atoms with Gasteiger partial charge in [-0.25, -0.2) is 0 Å². The minimum absolute atomic E-state index is 0.181. The second-order valence-corrected chi connectivity index (χ2v) is 9.70. The van der Waals surface area contributed by atoms with Crippen molar-refractivity contribution < 1.29 is 14.3 Å². The van der Waals surface area contributed by atoms with E-state index in [4.69, 9.17) is 27.9 Å². The molecule has 2 amide bonds. The van der Waals surface area contributed by atoms with Crippen LogP contribution in [0.25, 0.3) is 0 Å². The van der Waals surface area contributed by atoms with E-state index in [9.17, 15) is 9.59 Å². The molecule has 0 aliphatic carbocycles. The molecule has 0 radical (unpaired) electrons. The number of carbonyl (C=O) groups excluding carboxylic acids is 2. The van der Waals surface area contributed by atoms with Gasteiger partial charge in [-0.2, -0.15) is 0 Å². The number of hydrogen-bond donors (Lipinski definition) is 1. The van der Waals surface area contributed by atoms with Gasteiger partial charge in [-0.15, -0.1) is 0 Å². The normalized spacial score (nSPS) is 11.7. The summed E-state index contributed by atoms with van der Waals surface area (Å²) in [4.78, 5) is 28.3. The van der Waals surface area contributed by atoms with Crippen molar-refractivity contribution in [1.29, 1.82) is 0 Å². The van der Waals surface area contributed by atoms with Crippen molar-refractivity contribution in [2.75, 3.05) is 13.2 Å². The van der Waals surface area contributed by atoms with E-state index in [0.717, 1.165) is 11.1 Å². The number of nitrogens with zero attached hydrogens (tertiary/aromatic N) is 1. The van der Waals surface area contributed by atoms with Gasteiger partial charge in [-0.1, -0.05) is 85.6 Å². The zero-order valence-corrected chi connectivity index (χ0v) is 22.4. The van der Waals surface area contributed by atoms with Crippen molar-refractivity contribution in [3.8, 4) is 5.75 Å².